The standard InChI is InChI=1S/C13H24N2O3/c1-3-14(4-2)11-7-9-15(10-8-11)12(16)5-6-13(17)18/h11H,3-10H2,1-2H3,(H,17,18). The van der Waals surface area contributed by atoms with Crippen LogP contribution in [0.15, 0.2) is 0 Å². The molecule has 1 saturated heterocycles. The molecule has 1 fully saturated rings. The lowest BCUT2D eigenvalue weighted by Gasteiger charge is -2.37. The van der Waals surface area contributed by atoms with Crippen LogP contribution >= 0.6 is 0 Å². The van der Waals surface area contributed by atoms with Gasteiger partial charge in [0.15, 0.2) is 0 Å². The lowest BCUT2D eigenvalue weighted by Crippen LogP contribution is -2.46. The molecule has 5 heteroatoms. The summed E-state index contributed by atoms with van der Waals surface area (Å²) < 4.78 is 0. The minimum Gasteiger partial charge on any atom is -0.481 e. The van der Waals surface area contributed by atoms with E-state index in [1.807, 2.05) is 4.90 Å². The van der Waals surface area contributed by atoms with E-state index >= 15 is 0 Å². The smallest absolute Gasteiger partial charge is 0.303 e. The Morgan fingerprint density at radius 3 is 2.17 bits per heavy atom. The Kier molecular flexibility index (Phi) is 6.12. The number of carboxylic acid groups (broad SMARTS) is 1. The van der Waals surface area contributed by atoms with E-state index in [0.29, 0.717) is 6.04 Å². The molecule has 18 heavy (non-hydrogen) atoms. The van der Waals surface area contributed by atoms with Crippen LogP contribution in [0.4, 0.5) is 0 Å². The maximum absolute atomic E-state index is 11.8. The van der Waals surface area contributed by atoms with Crippen LogP contribution in [0.3, 0.4) is 0 Å². The number of likely N-dealkylation sites (tertiary alicyclic amines) is 1. The zero-order chi connectivity index (χ0) is 13.5. The molecule has 1 rings (SSSR count). The number of piperidine rings is 1. The van der Waals surface area contributed by atoms with Crippen LogP contribution in [0.5, 0.6) is 0 Å². The van der Waals surface area contributed by atoms with E-state index in [0.717, 1.165) is 39.0 Å². The molecule has 0 unspecified atom stereocenters. The fraction of sp³-hybridized carbons (Fsp3) is 0.846. The maximum Gasteiger partial charge on any atom is 0.303 e. The molecular formula is C13H24N2O3. The Morgan fingerprint density at radius 1 is 1.17 bits per heavy atom. The molecule has 5 nitrogen and oxygen atoms in total. The highest BCUT2D eigenvalue weighted by molar-refractivity contribution is 5.80. The largest absolute Gasteiger partial charge is 0.481 e. The Morgan fingerprint density at radius 2 is 1.72 bits per heavy atom. The van der Waals surface area contributed by atoms with Gasteiger partial charge in [-0.15, -0.1) is 0 Å². The molecule has 0 radical (unpaired) electrons. The molecule has 1 heterocycles. The molecule has 0 aromatic carbocycles. The van der Waals surface area contributed by atoms with Crippen molar-refractivity contribution in [2.24, 2.45) is 0 Å². The molecular weight excluding hydrogens is 232 g/mol. The van der Waals surface area contributed by atoms with Crippen LogP contribution in [-0.2, 0) is 9.59 Å². The fourth-order valence-electron chi connectivity index (χ4n) is 2.59. The highest BCUT2D eigenvalue weighted by Gasteiger charge is 2.25. The monoisotopic (exact) mass is 256 g/mol. The van der Waals surface area contributed by atoms with Gasteiger partial charge in [-0.25, -0.2) is 0 Å². The normalized spacial score (nSPS) is 17.2. The summed E-state index contributed by atoms with van der Waals surface area (Å²) in [7, 11) is 0. The van der Waals surface area contributed by atoms with Crippen molar-refractivity contribution in [3.8, 4) is 0 Å². The number of rotatable bonds is 6. The second-order valence-corrected chi connectivity index (χ2v) is 4.73. The molecule has 0 atom stereocenters. The van der Waals surface area contributed by atoms with Crippen molar-refractivity contribution in [1.82, 2.24) is 9.80 Å². The zero-order valence-corrected chi connectivity index (χ0v) is 11.4. The average Bonchev–Trinajstić information content (AvgIpc) is 2.38. The van der Waals surface area contributed by atoms with Crippen LogP contribution in [0.25, 0.3) is 0 Å². The van der Waals surface area contributed by atoms with Gasteiger partial charge < -0.3 is 14.9 Å². The van der Waals surface area contributed by atoms with E-state index in [1.165, 1.54) is 0 Å². The van der Waals surface area contributed by atoms with E-state index in [-0.39, 0.29) is 18.7 Å². The van der Waals surface area contributed by atoms with E-state index in [4.69, 9.17) is 5.11 Å². The molecule has 1 amide bonds. The minimum absolute atomic E-state index is 0.0182. The molecule has 0 bridgehead atoms. The third-order valence-corrected chi connectivity index (χ3v) is 3.70. The van der Waals surface area contributed by atoms with Crippen LogP contribution in [0, 0.1) is 0 Å². The number of carbonyl (C=O) groups excluding carboxylic acids is 1. The maximum atomic E-state index is 11.8. The van der Waals surface area contributed by atoms with Crippen molar-refractivity contribution in [1.29, 1.82) is 0 Å². The Balaban J connectivity index is 2.34. The summed E-state index contributed by atoms with van der Waals surface area (Å²) in [6, 6.07) is 0.573. The Labute approximate surface area is 109 Å². The van der Waals surface area contributed by atoms with E-state index in [1.54, 1.807) is 0 Å². The summed E-state index contributed by atoms with van der Waals surface area (Å²) in [4.78, 5) is 26.4. The number of carboxylic acids is 1. The van der Waals surface area contributed by atoms with E-state index in [9.17, 15) is 9.59 Å². The first-order valence-corrected chi connectivity index (χ1v) is 6.82. The highest BCUT2D eigenvalue weighted by atomic mass is 16.4. The second kappa shape index (κ2) is 7.36. The molecule has 0 aliphatic carbocycles. The molecule has 1 aliphatic heterocycles. The molecule has 1 N–H and O–H groups in total. The van der Waals surface area contributed by atoms with Crippen LogP contribution in [0.1, 0.15) is 39.5 Å². The molecule has 0 aromatic rings. The second-order valence-electron chi connectivity index (χ2n) is 4.73. The number of hydrogen-bond acceptors (Lipinski definition) is 3. The predicted molar refractivity (Wildman–Crippen MR) is 69.4 cm³/mol. The summed E-state index contributed by atoms with van der Waals surface area (Å²) >= 11 is 0. The first-order chi connectivity index (χ1) is 8.58. The number of hydrogen-bond donors (Lipinski definition) is 1. The van der Waals surface area contributed by atoms with Gasteiger partial charge in [0.2, 0.25) is 5.91 Å². The van der Waals surface area contributed by atoms with Crippen molar-refractivity contribution in [3.05, 3.63) is 0 Å². The SMILES string of the molecule is CCN(CC)C1CCN(C(=O)CCC(=O)O)CC1. The minimum atomic E-state index is -0.902. The summed E-state index contributed by atoms with van der Waals surface area (Å²) in [6.07, 6.45) is 2.07. The van der Waals surface area contributed by atoms with E-state index < -0.39 is 5.97 Å². The van der Waals surface area contributed by atoms with Gasteiger partial charge in [-0.1, -0.05) is 13.8 Å². The predicted octanol–water partition coefficient (Wildman–Crippen LogP) is 1.18. The fourth-order valence-corrected chi connectivity index (χ4v) is 2.59. The van der Waals surface area contributed by atoms with Crippen molar-refractivity contribution >= 4 is 11.9 Å². The van der Waals surface area contributed by atoms with Gasteiger partial charge in [0.1, 0.15) is 0 Å². The van der Waals surface area contributed by atoms with Gasteiger partial charge in [-0.3, -0.25) is 9.59 Å². The third kappa shape index (κ3) is 4.29. The lowest BCUT2D eigenvalue weighted by molar-refractivity contribution is -0.141. The summed E-state index contributed by atoms with van der Waals surface area (Å²) in [6.45, 7) is 7.95. The zero-order valence-electron chi connectivity index (χ0n) is 11.4. The van der Waals surface area contributed by atoms with Gasteiger partial charge in [0, 0.05) is 25.6 Å². The van der Waals surface area contributed by atoms with Gasteiger partial charge in [-0.05, 0) is 25.9 Å². The summed E-state index contributed by atoms with van der Waals surface area (Å²) in [5.41, 5.74) is 0. The average molecular weight is 256 g/mol. The molecule has 0 spiro atoms. The highest BCUT2D eigenvalue weighted by Crippen LogP contribution is 2.17. The number of carbonyl (C=O) groups is 2. The van der Waals surface area contributed by atoms with Crippen molar-refractivity contribution < 1.29 is 14.7 Å². The van der Waals surface area contributed by atoms with Gasteiger partial charge in [0.25, 0.3) is 0 Å². The van der Waals surface area contributed by atoms with Crippen molar-refractivity contribution in [2.45, 2.75) is 45.6 Å². The molecule has 104 valence electrons. The van der Waals surface area contributed by atoms with Gasteiger partial charge in [0.05, 0.1) is 6.42 Å². The number of amides is 1. The van der Waals surface area contributed by atoms with Crippen molar-refractivity contribution in [3.63, 3.8) is 0 Å². The number of nitrogens with zero attached hydrogens (tertiary/aromatic N) is 2. The molecule has 0 aromatic heterocycles. The summed E-state index contributed by atoms with van der Waals surface area (Å²) in [5.74, 6) is -0.920. The summed E-state index contributed by atoms with van der Waals surface area (Å²) in [5, 5.41) is 8.56. The topological polar surface area (TPSA) is 60.9 Å². The van der Waals surface area contributed by atoms with Crippen LogP contribution in [-0.4, -0.2) is 59.0 Å². The lowest BCUT2D eigenvalue weighted by atomic mass is 10.0. The Hall–Kier alpha value is -1.10. The van der Waals surface area contributed by atoms with Crippen molar-refractivity contribution in [2.75, 3.05) is 26.2 Å². The van der Waals surface area contributed by atoms with Gasteiger partial charge >= 0.3 is 5.97 Å². The quantitative estimate of drug-likeness (QED) is 0.775. The van der Waals surface area contributed by atoms with E-state index in [2.05, 4.69) is 18.7 Å². The third-order valence-electron chi connectivity index (χ3n) is 3.70. The molecule has 0 saturated carbocycles. The molecule has 1 aliphatic rings. The number of aliphatic carboxylic acids is 1. The Bertz CT molecular complexity index is 282. The first-order valence-electron chi connectivity index (χ1n) is 6.82. The van der Waals surface area contributed by atoms with Crippen LogP contribution in [0.2, 0.25) is 0 Å². The first kappa shape index (κ1) is 15.0. The van der Waals surface area contributed by atoms with Crippen LogP contribution < -0.4 is 0 Å². The van der Waals surface area contributed by atoms with Gasteiger partial charge in [-0.2, -0.15) is 0 Å².